The molecular formula is C35H36BN3O6. The molecule has 3 aromatic rings. The molecule has 3 amide bonds. The molecular weight excluding hydrogens is 569 g/mol. The quantitative estimate of drug-likeness (QED) is 0.296. The van der Waals surface area contributed by atoms with Crippen molar-refractivity contribution in [2.75, 3.05) is 33.8 Å². The molecule has 5 rings (SSSR count). The largest absolute Gasteiger partial charge is 0.480 e. The topological polar surface area (TPSA) is 107 Å². The third-order valence-electron chi connectivity index (χ3n) is 8.54. The molecule has 230 valence electrons. The van der Waals surface area contributed by atoms with Gasteiger partial charge in [0.2, 0.25) is 11.8 Å². The molecule has 1 heterocycles. The van der Waals surface area contributed by atoms with Crippen LogP contribution in [0, 0.1) is 0 Å². The number of carboxylic acid groups (broad SMARTS) is 1. The van der Waals surface area contributed by atoms with Gasteiger partial charge in [0.15, 0.2) is 0 Å². The van der Waals surface area contributed by atoms with Crippen molar-refractivity contribution < 1.29 is 29.0 Å². The number of fused-ring (bicyclic) bond motifs is 3. The van der Waals surface area contributed by atoms with Crippen molar-refractivity contribution in [3.8, 4) is 11.1 Å². The Labute approximate surface area is 264 Å². The van der Waals surface area contributed by atoms with Crippen LogP contribution in [0.15, 0.2) is 84.9 Å². The maximum absolute atomic E-state index is 14.2. The number of benzene rings is 3. The molecule has 0 fully saturated rings. The van der Waals surface area contributed by atoms with Crippen molar-refractivity contribution in [3.63, 3.8) is 0 Å². The third-order valence-corrected chi connectivity index (χ3v) is 8.54. The number of hydrogen-bond donors (Lipinski definition) is 1. The number of carbonyl (C=O) groups excluding carboxylic acids is 3. The minimum Gasteiger partial charge on any atom is -0.480 e. The van der Waals surface area contributed by atoms with E-state index in [9.17, 15) is 24.3 Å². The summed E-state index contributed by atoms with van der Waals surface area (Å²) in [7, 11) is 8.79. The second kappa shape index (κ2) is 13.8. The Hall–Kier alpha value is -4.86. The summed E-state index contributed by atoms with van der Waals surface area (Å²) in [4.78, 5) is 56.7. The van der Waals surface area contributed by atoms with E-state index >= 15 is 0 Å². The minimum absolute atomic E-state index is 0.107. The first kappa shape index (κ1) is 31.6. The average Bonchev–Trinajstić information content (AvgIpc) is 3.34. The van der Waals surface area contributed by atoms with E-state index < -0.39 is 42.5 Å². The van der Waals surface area contributed by atoms with Crippen molar-refractivity contribution >= 4 is 37.2 Å². The van der Waals surface area contributed by atoms with Gasteiger partial charge in [-0.2, -0.15) is 0 Å². The van der Waals surface area contributed by atoms with Crippen molar-refractivity contribution in [3.05, 3.63) is 102 Å². The van der Waals surface area contributed by atoms with E-state index in [1.165, 1.54) is 23.9 Å². The fourth-order valence-corrected chi connectivity index (χ4v) is 6.16. The highest BCUT2D eigenvalue weighted by atomic mass is 16.6. The van der Waals surface area contributed by atoms with Crippen LogP contribution < -0.4 is 5.46 Å². The molecule has 2 atom stereocenters. The molecule has 0 aromatic heterocycles. The van der Waals surface area contributed by atoms with E-state index in [1.54, 1.807) is 24.3 Å². The van der Waals surface area contributed by atoms with Gasteiger partial charge in [0.05, 0.1) is 0 Å². The Morgan fingerprint density at radius 2 is 1.58 bits per heavy atom. The maximum atomic E-state index is 14.2. The lowest BCUT2D eigenvalue weighted by Crippen LogP contribution is -2.57. The smallest absolute Gasteiger partial charge is 0.410 e. The molecule has 1 N–H and O–H groups in total. The molecule has 2 radical (unpaired) electrons. The molecule has 0 saturated heterocycles. The number of carbonyl (C=O) groups is 4. The van der Waals surface area contributed by atoms with Gasteiger partial charge >= 0.3 is 12.1 Å². The molecule has 2 aliphatic rings. The molecule has 0 bridgehead atoms. The van der Waals surface area contributed by atoms with Crippen molar-refractivity contribution in [2.24, 2.45) is 0 Å². The standard InChI is InChI=1S/C35H36BN3O6/c1-37(21-32(40)41)33(42)31(20-23-15-17-24(36)18-16-23)39-19-9-3-4-14-30(34(39)43)38(2)35(44)45-22-29-27-12-7-5-10-25(27)26-11-6-8-13-28(26)29/h3-8,10-13,15-18,29-31H,9,14,19-22H2,1-2H3,(H,40,41)/b4-3-/t30-,31-/m0/s1. The van der Waals surface area contributed by atoms with E-state index in [0.29, 0.717) is 11.9 Å². The lowest BCUT2D eigenvalue weighted by atomic mass is 9.93. The van der Waals surface area contributed by atoms with Crippen molar-refractivity contribution in [1.29, 1.82) is 0 Å². The minimum atomic E-state index is -1.16. The highest BCUT2D eigenvalue weighted by Crippen LogP contribution is 2.44. The van der Waals surface area contributed by atoms with E-state index in [2.05, 4.69) is 12.1 Å². The number of nitrogens with zero attached hydrogens (tertiary/aromatic N) is 3. The van der Waals surface area contributed by atoms with Crippen LogP contribution in [-0.4, -0.2) is 97.4 Å². The van der Waals surface area contributed by atoms with Gasteiger partial charge < -0.3 is 19.6 Å². The van der Waals surface area contributed by atoms with Gasteiger partial charge in [-0.1, -0.05) is 90.4 Å². The van der Waals surface area contributed by atoms with Gasteiger partial charge in [-0.05, 0) is 40.7 Å². The fourth-order valence-electron chi connectivity index (χ4n) is 6.16. The molecule has 1 aliphatic heterocycles. The van der Waals surface area contributed by atoms with E-state index in [1.807, 2.05) is 48.6 Å². The highest BCUT2D eigenvalue weighted by molar-refractivity contribution is 6.32. The number of likely N-dealkylation sites (N-methyl/N-ethyl adjacent to an activating group) is 2. The van der Waals surface area contributed by atoms with Crippen molar-refractivity contribution in [2.45, 2.75) is 37.3 Å². The zero-order chi connectivity index (χ0) is 32.1. The fraction of sp³-hybridized carbons (Fsp3) is 0.314. The van der Waals surface area contributed by atoms with E-state index in [0.717, 1.165) is 32.7 Å². The van der Waals surface area contributed by atoms with Crippen LogP contribution in [0.1, 0.15) is 35.4 Å². The van der Waals surface area contributed by atoms with Gasteiger partial charge in [-0.15, -0.1) is 0 Å². The van der Waals surface area contributed by atoms with Crippen LogP contribution >= 0.6 is 0 Å². The zero-order valence-electron chi connectivity index (χ0n) is 25.5. The summed E-state index contributed by atoms with van der Waals surface area (Å²) >= 11 is 0. The summed E-state index contributed by atoms with van der Waals surface area (Å²) < 4.78 is 5.85. The first-order valence-electron chi connectivity index (χ1n) is 15.0. The van der Waals surface area contributed by atoms with Gasteiger partial charge in [0.25, 0.3) is 0 Å². The number of ether oxygens (including phenoxy) is 1. The van der Waals surface area contributed by atoms with Crippen LogP contribution in [0.25, 0.3) is 11.1 Å². The van der Waals surface area contributed by atoms with Crippen LogP contribution in [0.3, 0.4) is 0 Å². The molecule has 9 nitrogen and oxygen atoms in total. The maximum Gasteiger partial charge on any atom is 0.410 e. The van der Waals surface area contributed by atoms with Crippen LogP contribution in [0.4, 0.5) is 4.79 Å². The lowest BCUT2D eigenvalue weighted by Gasteiger charge is -2.38. The Morgan fingerprint density at radius 1 is 0.956 bits per heavy atom. The van der Waals surface area contributed by atoms with Crippen LogP contribution in [-0.2, 0) is 25.5 Å². The second-order valence-electron chi connectivity index (χ2n) is 11.5. The Balaban J connectivity index is 1.36. The summed E-state index contributed by atoms with van der Waals surface area (Å²) in [6.07, 6.45) is 4.03. The monoisotopic (exact) mass is 605 g/mol. The number of rotatable bonds is 9. The Bertz CT molecular complexity index is 1560. The highest BCUT2D eigenvalue weighted by Gasteiger charge is 2.39. The SMILES string of the molecule is [B]c1ccc(C[C@@H](C(=O)N(C)CC(=O)O)N2CC/C=C\C[C@H](N(C)C(=O)OCC3c4ccccc4-c4ccccc43)C2=O)cc1. The third kappa shape index (κ3) is 6.95. The summed E-state index contributed by atoms with van der Waals surface area (Å²) in [5.41, 5.74) is 5.71. The van der Waals surface area contributed by atoms with Crippen LogP contribution in [0.5, 0.6) is 0 Å². The summed E-state index contributed by atoms with van der Waals surface area (Å²) in [5.74, 6) is -2.21. The summed E-state index contributed by atoms with van der Waals surface area (Å²) in [6.45, 7) is -0.186. The summed E-state index contributed by atoms with van der Waals surface area (Å²) in [5, 5.41) is 9.34. The van der Waals surface area contributed by atoms with Gasteiger partial charge in [-0.25, -0.2) is 4.79 Å². The number of amides is 3. The van der Waals surface area contributed by atoms with Gasteiger partial charge in [-0.3, -0.25) is 19.3 Å². The molecule has 45 heavy (non-hydrogen) atoms. The van der Waals surface area contributed by atoms with Crippen LogP contribution in [0.2, 0.25) is 0 Å². The van der Waals surface area contributed by atoms with E-state index in [-0.39, 0.29) is 31.9 Å². The average molecular weight is 606 g/mol. The number of carboxylic acids is 1. The first-order chi connectivity index (χ1) is 21.7. The van der Waals surface area contributed by atoms with Gasteiger partial charge in [0.1, 0.15) is 33.1 Å². The predicted octanol–water partition coefficient (Wildman–Crippen LogP) is 3.36. The Morgan fingerprint density at radius 3 is 2.20 bits per heavy atom. The van der Waals surface area contributed by atoms with E-state index in [4.69, 9.17) is 12.6 Å². The number of hydrogen-bond acceptors (Lipinski definition) is 5. The normalized spacial score (nSPS) is 17.3. The summed E-state index contributed by atoms with van der Waals surface area (Å²) in [6, 6.07) is 21.2. The molecule has 0 unspecified atom stereocenters. The lowest BCUT2D eigenvalue weighted by molar-refractivity contribution is -0.150. The molecule has 0 saturated carbocycles. The molecule has 0 spiro atoms. The molecule has 10 heteroatoms. The zero-order valence-corrected chi connectivity index (χ0v) is 25.5. The first-order valence-corrected chi connectivity index (χ1v) is 15.0. The molecule has 3 aromatic carbocycles. The molecule has 1 aliphatic carbocycles. The Kier molecular flexibility index (Phi) is 9.71. The number of aliphatic carboxylic acids is 1. The van der Waals surface area contributed by atoms with Crippen molar-refractivity contribution in [1.82, 2.24) is 14.7 Å². The second-order valence-corrected chi connectivity index (χ2v) is 11.5. The predicted molar refractivity (Wildman–Crippen MR) is 171 cm³/mol. The van der Waals surface area contributed by atoms with Gasteiger partial charge in [0, 0.05) is 33.0 Å².